The lowest BCUT2D eigenvalue weighted by Crippen LogP contribution is -2.18. The second-order valence-electron chi connectivity index (χ2n) is 4.61. The molecule has 2 aromatic carbocycles. The maximum Gasteiger partial charge on any atom is 0.345 e. The Bertz CT molecular complexity index is 913. The first-order chi connectivity index (χ1) is 10.6. The average molecular weight is 315 g/mol. The van der Waals surface area contributed by atoms with Crippen LogP contribution in [0.15, 0.2) is 57.7 Å². The molecule has 1 aromatic heterocycles. The molecule has 0 fully saturated rings. The van der Waals surface area contributed by atoms with Crippen molar-refractivity contribution >= 4 is 28.5 Å². The minimum Gasteiger partial charge on any atom is -0.465 e. The molecule has 0 aliphatic carbocycles. The van der Waals surface area contributed by atoms with Gasteiger partial charge in [0, 0.05) is 5.56 Å². The number of ether oxygens (including phenoxy) is 1. The molecule has 0 atom stereocenters. The van der Waals surface area contributed by atoms with Crippen molar-refractivity contribution in [1.82, 2.24) is 0 Å². The van der Waals surface area contributed by atoms with Crippen LogP contribution in [0.3, 0.4) is 0 Å². The fourth-order valence-corrected chi connectivity index (χ4v) is 2.53. The standard InChI is InChI=1S/C17H11ClO4/c1-21-17(20)14-15(19)13-11(18)8-5-9-12(13)22-16(14)10-6-3-2-4-7-10/h2-9H,1H3. The molecule has 3 rings (SSSR count). The highest BCUT2D eigenvalue weighted by Gasteiger charge is 2.23. The predicted molar refractivity (Wildman–Crippen MR) is 84.3 cm³/mol. The van der Waals surface area contributed by atoms with Crippen molar-refractivity contribution in [3.8, 4) is 11.3 Å². The average Bonchev–Trinajstić information content (AvgIpc) is 2.54. The molecule has 3 aromatic rings. The quantitative estimate of drug-likeness (QED) is 0.673. The van der Waals surface area contributed by atoms with E-state index in [4.69, 9.17) is 20.8 Å². The number of hydrogen-bond acceptors (Lipinski definition) is 4. The van der Waals surface area contributed by atoms with Gasteiger partial charge in [0.1, 0.15) is 5.58 Å². The summed E-state index contributed by atoms with van der Waals surface area (Å²) in [6.07, 6.45) is 0. The molecule has 0 spiro atoms. The number of hydrogen-bond donors (Lipinski definition) is 0. The number of carbonyl (C=O) groups excluding carboxylic acids is 1. The van der Waals surface area contributed by atoms with E-state index in [-0.39, 0.29) is 21.7 Å². The maximum absolute atomic E-state index is 12.7. The molecule has 5 heteroatoms. The van der Waals surface area contributed by atoms with Gasteiger partial charge in [-0.05, 0) is 12.1 Å². The van der Waals surface area contributed by atoms with Crippen molar-refractivity contribution in [3.63, 3.8) is 0 Å². The summed E-state index contributed by atoms with van der Waals surface area (Å²) in [6.45, 7) is 0. The van der Waals surface area contributed by atoms with Crippen molar-refractivity contribution in [1.29, 1.82) is 0 Å². The zero-order chi connectivity index (χ0) is 15.7. The fraction of sp³-hybridized carbons (Fsp3) is 0.0588. The second kappa shape index (κ2) is 5.66. The summed E-state index contributed by atoms with van der Waals surface area (Å²) in [5, 5.41) is 0.403. The van der Waals surface area contributed by atoms with E-state index in [0.717, 1.165) is 0 Å². The van der Waals surface area contributed by atoms with Crippen LogP contribution < -0.4 is 5.43 Å². The Morgan fingerprint density at radius 1 is 1.09 bits per heavy atom. The first kappa shape index (κ1) is 14.4. The lowest BCUT2D eigenvalue weighted by molar-refractivity contribution is 0.0598. The van der Waals surface area contributed by atoms with Gasteiger partial charge in [-0.1, -0.05) is 48.0 Å². The van der Waals surface area contributed by atoms with Crippen LogP contribution in [0.1, 0.15) is 10.4 Å². The third-order valence-electron chi connectivity index (χ3n) is 3.29. The van der Waals surface area contributed by atoms with E-state index in [1.807, 2.05) is 6.07 Å². The smallest absolute Gasteiger partial charge is 0.345 e. The van der Waals surface area contributed by atoms with Gasteiger partial charge in [-0.15, -0.1) is 0 Å². The highest BCUT2D eigenvalue weighted by atomic mass is 35.5. The number of esters is 1. The Morgan fingerprint density at radius 3 is 2.50 bits per heavy atom. The van der Waals surface area contributed by atoms with Crippen LogP contribution in [-0.2, 0) is 4.74 Å². The number of rotatable bonds is 2. The van der Waals surface area contributed by atoms with Crippen molar-refractivity contribution in [2.75, 3.05) is 7.11 Å². The minimum absolute atomic E-state index is 0.158. The normalized spacial score (nSPS) is 10.6. The van der Waals surface area contributed by atoms with Gasteiger partial charge in [0.2, 0.25) is 5.43 Å². The second-order valence-corrected chi connectivity index (χ2v) is 5.01. The van der Waals surface area contributed by atoms with Crippen molar-refractivity contribution in [2.45, 2.75) is 0 Å². The molecule has 0 amide bonds. The lowest BCUT2D eigenvalue weighted by atomic mass is 10.0. The molecule has 22 heavy (non-hydrogen) atoms. The molecular weight excluding hydrogens is 304 g/mol. The zero-order valence-corrected chi connectivity index (χ0v) is 12.4. The largest absolute Gasteiger partial charge is 0.465 e. The Kier molecular flexibility index (Phi) is 3.69. The van der Waals surface area contributed by atoms with Crippen LogP contribution in [0, 0.1) is 0 Å². The van der Waals surface area contributed by atoms with Crippen LogP contribution in [0.5, 0.6) is 0 Å². The van der Waals surface area contributed by atoms with Gasteiger partial charge in [-0.25, -0.2) is 4.79 Å². The SMILES string of the molecule is COC(=O)c1c(-c2ccccc2)oc2cccc(Cl)c2c1=O. The molecule has 0 aliphatic heterocycles. The predicted octanol–water partition coefficient (Wildman–Crippen LogP) is 3.90. The topological polar surface area (TPSA) is 56.5 Å². The number of methoxy groups -OCH3 is 1. The van der Waals surface area contributed by atoms with Crippen LogP contribution >= 0.6 is 11.6 Å². The number of fused-ring (bicyclic) bond motifs is 1. The van der Waals surface area contributed by atoms with E-state index in [1.165, 1.54) is 7.11 Å². The van der Waals surface area contributed by atoms with E-state index in [9.17, 15) is 9.59 Å². The van der Waals surface area contributed by atoms with Gasteiger partial charge in [0.15, 0.2) is 11.3 Å². The molecular formula is C17H11ClO4. The Morgan fingerprint density at radius 2 is 1.82 bits per heavy atom. The van der Waals surface area contributed by atoms with E-state index in [0.29, 0.717) is 11.1 Å². The number of carbonyl (C=O) groups is 1. The van der Waals surface area contributed by atoms with Crippen LogP contribution in [0.4, 0.5) is 0 Å². The Hall–Kier alpha value is -2.59. The zero-order valence-electron chi connectivity index (χ0n) is 11.6. The third kappa shape index (κ3) is 2.27. The summed E-state index contributed by atoms with van der Waals surface area (Å²) in [5.41, 5.74) is 0.276. The molecule has 110 valence electrons. The van der Waals surface area contributed by atoms with Gasteiger partial charge >= 0.3 is 5.97 Å². The molecule has 0 bridgehead atoms. The monoisotopic (exact) mass is 314 g/mol. The van der Waals surface area contributed by atoms with Gasteiger partial charge in [-0.3, -0.25) is 4.79 Å². The van der Waals surface area contributed by atoms with Crippen molar-refractivity contribution < 1.29 is 13.9 Å². The molecule has 0 unspecified atom stereocenters. The van der Waals surface area contributed by atoms with Crippen LogP contribution in [0.25, 0.3) is 22.3 Å². The first-order valence-electron chi connectivity index (χ1n) is 6.52. The Balaban J connectivity index is 2.46. The molecule has 0 saturated heterocycles. The fourth-order valence-electron chi connectivity index (χ4n) is 2.28. The molecule has 0 radical (unpaired) electrons. The van der Waals surface area contributed by atoms with Gasteiger partial charge in [0.25, 0.3) is 0 Å². The summed E-state index contributed by atoms with van der Waals surface area (Å²) in [7, 11) is 1.22. The molecule has 0 saturated carbocycles. The summed E-state index contributed by atoms with van der Waals surface area (Å²) in [4.78, 5) is 24.8. The van der Waals surface area contributed by atoms with E-state index >= 15 is 0 Å². The van der Waals surface area contributed by atoms with Gasteiger partial charge in [-0.2, -0.15) is 0 Å². The first-order valence-corrected chi connectivity index (χ1v) is 6.90. The van der Waals surface area contributed by atoms with E-state index < -0.39 is 11.4 Å². The molecule has 0 aliphatic rings. The third-order valence-corrected chi connectivity index (χ3v) is 3.61. The van der Waals surface area contributed by atoms with E-state index in [2.05, 4.69) is 0 Å². The Labute approximate surface area is 130 Å². The summed E-state index contributed by atoms with van der Waals surface area (Å²) in [6, 6.07) is 13.8. The van der Waals surface area contributed by atoms with Crippen molar-refractivity contribution in [3.05, 3.63) is 69.3 Å². The van der Waals surface area contributed by atoms with Gasteiger partial charge in [0.05, 0.1) is 17.5 Å². The summed E-state index contributed by atoms with van der Waals surface area (Å²) in [5.74, 6) is -0.582. The van der Waals surface area contributed by atoms with Crippen LogP contribution in [-0.4, -0.2) is 13.1 Å². The van der Waals surface area contributed by atoms with Crippen molar-refractivity contribution in [2.24, 2.45) is 0 Å². The number of benzene rings is 2. The summed E-state index contributed by atoms with van der Waals surface area (Å²) < 4.78 is 10.5. The highest BCUT2D eigenvalue weighted by molar-refractivity contribution is 6.35. The molecule has 4 nitrogen and oxygen atoms in total. The summed E-state index contributed by atoms with van der Waals surface area (Å²) >= 11 is 6.07. The number of halogens is 1. The molecule has 1 heterocycles. The highest BCUT2D eigenvalue weighted by Crippen LogP contribution is 2.29. The lowest BCUT2D eigenvalue weighted by Gasteiger charge is -2.09. The molecule has 0 N–H and O–H groups in total. The van der Waals surface area contributed by atoms with Crippen LogP contribution in [0.2, 0.25) is 5.02 Å². The maximum atomic E-state index is 12.7. The minimum atomic E-state index is -0.755. The van der Waals surface area contributed by atoms with E-state index in [1.54, 1.807) is 42.5 Å². The van der Waals surface area contributed by atoms with Gasteiger partial charge < -0.3 is 9.15 Å².